The molecule has 0 heterocycles. The molecule has 2 aromatic rings. The van der Waals surface area contributed by atoms with Gasteiger partial charge in [0.25, 0.3) is 5.91 Å². The summed E-state index contributed by atoms with van der Waals surface area (Å²) in [5, 5.41) is 4.02. The van der Waals surface area contributed by atoms with Crippen LogP contribution in [0.5, 0.6) is 17.2 Å². The number of hydrogen-bond donors (Lipinski definition) is 1. The first-order valence-electron chi connectivity index (χ1n) is 9.15. The molecule has 0 fully saturated rings. The zero-order valence-corrected chi connectivity index (χ0v) is 17.9. The van der Waals surface area contributed by atoms with E-state index in [1.54, 1.807) is 31.5 Å². The van der Waals surface area contributed by atoms with Crippen LogP contribution in [0.3, 0.4) is 0 Å². The maximum Gasteiger partial charge on any atom is 0.271 e. The van der Waals surface area contributed by atoms with Gasteiger partial charge in [-0.2, -0.15) is 5.10 Å². The minimum atomic E-state index is -0.335. The van der Waals surface area contributed by atoms with Gasteiger partial charge in [0.1, 0.15) is 5.75 Å². The first-order valence-corrected chi connectivity index (χ1v) is 9.94. The minimum absolute atomic E-state index is 0.335. The highest BCUT2D eigenvalue weighted by molar-refractivity contribution is 9.10. The Kier molecular flexibility index (Phi) is 8.81. The fourth-order valence-corrected chi connectivity index (χ4v) is 2.81. The van der Waals surface area contributed by atoms with Crippen molar-refractivity contribution in [2.75, 3.05) is 20.3 Å². The van der Waals surface area contributed by atoms with Gasteiger partial charge in [-0.1, -0.05) is 13.8 Å². The Hall–Kier alpha value is -2.54. The van der Waals surface area contributed by atoms with Gasteiger partial charge >= 0.3 is 0 Å². The molecule has 0 aliphatic heterocycles. The average molecular weight is 449 g/mol. The number of nitrogens with one attached hydrogen (secondary N) is 1. The standard InChI is InChI=1S/C21H25BrN2O4/c1-4-10-27-18-8-6-15(12-17(18)22)14-23-24-21(25)16-7-9-19(28-11-5-2)20(13-16)26-3/h6-9,12-14H,4-5,10-11H2,1-3H3,(H,24,25)/b23-14+. The number of amides is 1. The van der Waals surface area contributed by atoms with Crippen molar-refractivity contribution in [3.8, 4) is 17.2 Å². The number of benzene rings is 2. The quantitative estimate of drug-likeness (QED) is 0.418. The number of carbonyl (C=O) groups is 1. The van der Waals surface area contributed by atoms with Gasteiger partial charge in [-0.25, -0.2) is 5.43 Å². The maximum atomic E-state index is 12.3. The van der Waals surface area contributed by atoms with Crippen molar-refractivity contribution in [1.82, 2.24) is 5.43 Å². The molecule has 0 aliphatic rings. The van der Waals surface area contributed by atoms with E-state index in [1.165, 1.54) is 0 Å². The van der Waals surface area contributed by atoms with Crippen molar-refractivity contribution < 1.29 is 19.0 Å². The van der Waals surface area contributed by atoms with E-state index in [0.717, 1.165) is 28.6 Å². The number of hydrazone groups is 1. The lowest BCUT2D eigenvalue weighted by atomic mass is 10.2. The Morgan fingerprint density at radius 2 is 1.71 bits per heavy atom. The highest BCUT2D eigenvalue weighted by Crippen LogP contribution is 2.28. The van der Waals surface area contributed by atoms with Gasteiger partial charge in [0.05, 0.1) is 31.0 Å². The molecule has 0 aliphatic carbocycles. The van der Waals surface area contributed by atoms with E-state index in [-0.39, 0.29) is 5.91 Å². The van der Waals surface area contributed by atoms with E-state index in [0.29, 0.717) is 30.3 Å². The van der Waals surface area contributed by atoms with E-state index in [2.05, 4.69) is 33.4 Å². The topological polar surface area (TPSA) is 69.2 Å². The van der Waals surface area contributed by atoms with Gasteiger partial charge in [-0.15, -0.1) is 0 Å². The second-order valence-corrected chi connectivity index (χ2v) is 6.81. The van der Waals surface area contributed by atoms with Gasteiger partial charge in [0.2, 0.25) is 0 Å². The molecule has 0 saturated heterocycles. The summed E-state index contributed by atoms with van der Waals surface area (Å²) >= 11 is 3.48. The van der Waals surface area contributed by atoms with Crippen molar-refractivity contribution in [2.45, 2.75) is 26.7 Å². The molecule has 0 saturated carbocycles. The van der Waals surface area contributed by atoms with Crippen molar-refractivity contribution in [3.05, 3.63) is 52.0 Å². The number of hydrogen-bond acceptors (Lipinski definition) is 5. The predicted molar refractivity (Wildman–Crippen MR) is 114 cm³/mol. The summed E-state index contributed by atoms with van der Waals surface area (Å²) in [5.41, 5.74) is 3.78. The molecule has 1 N–H and O–H groups in total. The van der Waals surface area contributed by atoms with Gasteiger partial charge in [0, 0.05) is 5.56 Å². The van der Waals surface area contributed by atoms with Gasteiger partial charge in [0.15, 0.2) is 11.5 Å². The number of rotatable bonds is 10. The SMILES string of the molecule is CCCOc1ccc(/C=N/NC(=O)c2ccc(OCCC)c(OC)c2)cc1Br. The molecule has 2 rings (SSSR count). The fraction of sp³-hybridized carbons (Fsp3) is 0.333. The lowest BCUT2D eigenvalue weighted by Gasteiger charge is -2.11. The van der Waals surface area contributed by atoms with Crippen LogP contribution in [0.4, 0.5) is 0 Å². The zero-order valence-electron chi connectivity index (χ0n) is 16.3. The minimum Gasteiger partial charge on any atom is -0.493 e. The molecule has 28 heavy (non-hydrogen) atoms. The van der Waals surface area contributed by atoms with Crippen molar-refractivity contribution in [3.63, 3.8) is 0 Å². The molecule has 0 bridgehead atoms. The molecule has 6 nitrogen and oxygen atoms in total. The molecule has 0 spiro atoms. The number of methoxy groups -OCH3 is 1. The molecular formula is C21H25BrN2O4. The van der Waals surface area contributed by atoms with Crippen LogP contribution in [-0.2, 0) is 0 Å². The van der Waals surface area contributed by atoms with Crippen molar-refractivity contribution >= 4 is 28.1 Å². The second kappa shape index (κ2) is 11.3. The largest absolute Gasteiger partial charge is 0.493 e. The highest BCUT2D eigenvalue weighted by Gasteiger charge is 2.10. The van der Waals surface area contributed by atoms with E-state index in [4.69, 9.17) is 14.2 Å². The van der Waals surface area contributed by atoms with Crippen LogP contribution in [0.15, 0.2) is 46.0 Å². The third-order valence-corrected chi connectivity index (χ3v) is 4.30. The normalized spacial score (nSPS) is 10.7. The first kappa shape index (κ1) is 21.8. The van der Waals surface area contributed by atoms with Crippen LogP contribution < -0.4 is 19.6 Å². The molecule has 0 atom stereocenters. The number of nitrogens with zero attached hydrogens (tertiary/aromatic N) is 1. The second-order valence-electron chi connectivity index (χ2n) is 5.95. The Morgan fingerprint density at radius 3 is 2.36 bits per heavy atom. The van der Waals surface area contributed by atoms with Crippen LogP contribution in [-0.4, -0.2) is 32.4 Å². The third-order valence-electron chi connectivity index (χ3n) is 3.68. The molecule has 0 unspecified atom stereocenters. The summed E-state index contributed by atoms with van der Waals surface area (Å²) < 4.78 is 17.3. The summed E-state index contributed by atoms with van der Waals surface area (Å²) in [7, 11) is 1.54. The van der Waals surface area contributed by atoms with Crippen LogP contribution in [0.25, 0.3) is 0 Å². The lowest BCUT2D eigenvalue weighted by Crippen LogP contribution is -2.17. The van der Waals surface area contributed by atoms with Crippen molar-refractivity contribution in [1.29, 1.82) is 0 Å². The smallest absolute Gasteiger partial charge is 0.271 e. The summed E-state index contributed by atoms with van der Waals surface area (Å²) in [5.74, 6) is 1.57. The third kappa shape index (κ3) is 6.27. The number of carbonyl (C=O) groups excluding carboxylic acids is 1. The van der Waals surface area contributed by atoms with E-state index in [1.807, 2.05) is 25.1 Å². The summed E-state index contributed by atoms with van der Waals surface area (Å²) in [6, 6.07) is 10.6. The Morgan fingerprint density at radius 1 is 1.04 bits per heavy atom. The molecule has 2 aromatic carbocycles. The average Bonchev–Trinajstić information content (AvgIpc) is 2.71. The molecule has 1 amide bonds. The molecule has 0 radical (unpaired) electrons. The summed E-state index contributed by atoms with van der Waals surface area (Å²) in [6.45, 7) is 5.33. The van der Waals surface area contributed by atoms with Crippen molar-refractivity contribution in [2.24, 2.45) is 5.10 Å². The highest BCUT2D eigenvalue weighted by atomic mass is 79.9. The Bertz CT molecular complexity index is 824. The summed E-state index contributed by atoms with van der Waals surface area (Å²) in [4.78, 5) is 12.3. The molecule has 0 aromatic heterocycles. The van der Waals surface area contributed by atoms with Gasteiger partial charge in [-0.05, 0) is 70.7 Å². The molecule has 150 valence electrons. The number of ether oxygens (including phenoxy) is 3. The Balaban J connectivity index is 2.00. The lowest BCUT2D eigenvalue weighted by molar-refractivity contribution is 0.0954. The van der Waals surface area contributed by atoms with Crippen LogP contribution in [0.2, 0.25) is 0 Å². The maximum absolute atomic E-state index is 12.3. The van der Waals surface area contributed by atoms with E-state index in [9.17, 15) is 4.79 Å². The first-order chi connectivity index (χ1) is 13.6. The van der Waals surface area contributed by atoms with E-state index >= 15 is 0 Å². The fourth-order valence-electron chi connectivity index (χ4n) is 2.30. The molecule has 7 heteroatoms. The Labute approximate surface area is 174 Å². The van der Waals surface area contributed by atoms with Crippen LogP contribution in [0.1, 0.15) is 42.6 Å². The predicted octanol–water partition coefficient (Wildman–Crippen LogP) is 4.80. The summed E-state index contributed by atoms with van der Waals surface area (Å²) in [6.07, 6.45) is 3.41. The monoisotopic (exact) mass is 448 g/mol. The van der Waals surface area contributed by atoms with Crippen LogP contribution in [0, 0.1) is 0 Å². The zero-order chi connectivity index (χ0) is 20.4. The van der Waals surface area contributed by atoms with Gasteiger partial charge < -0.3 is 14.2 Å². The van der Waals surface area contributed by atoms with Gasteiger partial charge in [-0.3, -0.25) is 4.79 Å². The van der Waals surface area contributed by atoms with E-state index < -0.39 is 0 Å². The van der Waals surface area contributed by atoms with Crippen LogP contribution >= 0.6 is 15.9 Å². The number of halogens is 1. The molecular weight excluding hydrogens is 424 g/mol.